The van der Waals surface area contributed by atoms with Crippen molar-refractivity contribution in [1.82, 2.24) is 0 Å². The quantitative estimate of drug-likeness (QED) is 0.545. The third-order valence-electron chi connectivity index (χ3n) is 1.85. The Kier molecular flexibility index (Phi) is 3.40. The van der Waals surface area contributed by atoms with E-state index < -0.39 is 12.1 Å². The summed E-state index contributed by atoms with van der Waals surface area (Å²) in [4.78, 5) is 11.0. The van der Waals surface area contributed by atoms with E-state index in [2.05, 4.69) is 11.3 Å². The molecule has 0 spiro atoms. The fourth-order valence-corrected chi connectivity index (χ4v) is 1.06. The van der Waals surface area contributed by atoms with Gasteiger partial charge in [0.1, 0.15) is 0 Å². The lowest BCUT2D eigenvalue weighted by Gasteiger charge is -2.09. The first-order valence-corrected chi connectivity index (χ1v) is 4.13. The van der Waals surface area contributed by atoms with Gasteiger partial charge in [0.15, 0.2) is 6.17 Å². The van der Waals surface area contributed by atoms with E-state index in [-0.39, 0.29) is 5.57 Å². The van der Waals surface area contributed by atoms with E-state index in [1.807, 2.05) is 0 Å². The van der Waals surface area contributed by atoms with Gasteiger partial charge in [0.05, 0.1) is 12.7 Å². The van der Waals surface area contributed by atoms with E-state index in [9.17, 15) is 9.18 Å². The molecule has 3 heteroatoms. The molecular weight excluding hydrogens is 183 g/mol. The van der Waals surface area contributed by atoms with Gasteiger partial charge in [-0.2, -0.15) is 0 Å². The number of hydrogen-bond donors (Lipinski definition) is 0. The third kappa shape index (κ3) is 2.19. The van der Waals surface area contributed by atoms with Gasteiger partial charge in [-0.25, -0.2) is 9.18 Å². The van der Waals surface area contributed by atoms with Gasteiger partial charge in [-0.3, -0.25) is 0 Å². The van der Waals surface area contributed by atoms with Crippen LogP contribution in [0.3, 0.4) is 0 Å². The first-order valence-electron chi connectivity index (χ1n) is 4.13. The first kappa shape index (κ1) is 10.4. The van der Waals surface area contributed by atoms with E-state index in [4.69, 9.17) is 0 Å². The molecule has 0 fully saturated rings. The van der Waals surface area contributed by atoms with Crippen LogP contribution >= 0.6 is 0 Å². The molecule has 14 heavy (non-hydrogen) atoms. The number of alkyl halides is 1. The van der Waals surface area contributed by atoms with Crippen LogP contribution in [0.1, 0.15) is 11.7 Å². The van der Waals surface area contributed by atoms with Crippen LogP contribution in [0, 0.1) is 0 Å². The fourth-order valence-electron chi connectivity index (χ4n) is 1.06. The fraction of sp³-hybridized carbons (Fsp3) is 0.182. The first-order chi connectivity index (χ1) is 6.66. The molecule has 0 amide bonds. The maximum Gasteiger partial charge on any atom is 0.336 e. The minimum absolute atomic E-state index is 0.182. The van der Waals surface area contributed by atoms with Crippen LogP contribution in [0.25, 0.3) is 0 Å². The van der Waals surface area contributed by atoms with Crippen molar-refractivity contribution in [3.05, 3.63) is 48.0 Å². The third-order valence-corrected chi connectivity index (χ3v) is 1.85. The van der Waals surface area contributed by atoms with Crippen molar-refractivity contribution in [2.45, 2.75) is 6.17 Å². The number of ether oxygens (including phenoxy) is 1. The van der Waals surface area contributed by atoms with Crippen LogP contribution in [-0.2, 0) is 9.53 Å². The van der Waals surface area contributed by atoms with Crippen LogP contribution in [0.4, 0.5) is 4.39 Å². The minimum Gasteiger partial charge on any atom is -0.466 e. The van der Waals surface area contributed by atoms with Crippen molar-refractivity contribution in [2.24, 2.45) is 0 Å². The van der Waals surface area contributed by atoms with Crippen molar-refractivity contribution in [3.8, 4) is 0 Å². The van der Waals surface area contributed by atoms with Gasteiger partial charge in [0, 0.05) is 0 Å². The Hall–Kier alpha value is -1.64. The van der Waals surface area contributed by atoms with Crippen molar-refractivity contribution >= 4 is 5.97 Å². The Labute approximate surface area is 82.0 Å². The van der Waals surface area contributed by atoms with Gasteiger partial charge in [0.25, 0.3) is 0 Å². The second-order valence-electron chi connectivity index (χ2n) is 2.79. The lowest BCUT2D eigenvalue weighted by Crippen LogP contribution is -2.09. The highest BCUT2D eigenvalue weighted by atomic mass is 19.1. The van der Waals surface area contributed by atoms with Gasteiger partial charge < -0.3 is 4.74 Å². The van der Waals surface area contributed by atoms with Crippen molar-refractivity contribution in [2.75, 3.05) is 7.11 Å². The Morgan fingerprint density at radius 3 is 2.50 bits per heavy atom. The average molecular weight is 194 g/mol. The smallest absolute Gasteiger partial charge is 0.336 e. The molecule has 0 aliphatic rings. The van der Waals surface area contributed by atoms with E-state index in [0.29, 0.717) is 5.56 Å². The molecule has 1 atom stereocenters. The van der Waals surface area contributed by atoms with Crippen molar-refractivity contribution < 1.29 is 13.9 Å². The highest BCUT2D eigenvalue weighted by Crippen LogP contribution is 2.24. The Bertz CT molecular complexity index is 332. The standard InChI is InChI=1S/C11H11FO2/c1-8(11(13)14-2)10(12)9-6-4-3-5-7-9/h3-7,10H,1H2,2H3/t10-/m0/s1. The second-order valence-corrected chi connectivity index (χ2v) is 2.79. The molecule has 0 N–H and O–H groups in total. The molecule has 0 saturated carbocycles. The Balaban J connectivity index is 2.81. The number of halogens is 1. The molecule has 0 aliphatic heterocycles. The maximum atomic E-state index is 13.6. The molecule has 0 bridgehead atoms. The Morgan fingerprint density at radius 1 is 1.43 bits per heavy atom. The summed E-state index contributed by atoms with van der Waals surface area (Å²) in [6.45, 7) is 3.35. The van der Waals surface area contributed by atoms with E-state index in [1.165, 1.54) is 7.11 Å². The molecule has 0 unspecified atom stereocenters. The molecule has 0 aliphatic carbocycles. The summed E-state index contributed by atoms with van der Waals surface area (Å²) in [5, 5.41) is 0. The highest BCUT2D eigenvalue weighted by molar-refractivity contribution is 5.88. The monoisotopic (exact) mass is 194 g/mol. The number of rotatable bonds is 3. The zero-order valence-corrected chi connectivity index (χ0v) is 7.87. The molecule has 0 radical (unpaired) electrons. The predicted octanol–water partition coefficient (Wildman–Crippen LogP) is 2.43. The summed E-state index contributed by atoms with van der Waals surface area (Å²) in [6.07, 6.45) is -1.50. The summed E-state index contributed by atoms with van der Waals surface area (Å²) >= 11 is 0. The molecule has 1 rings (SSSR count). The number of carbonyl (C=O) groups excluding carboxylic acids is 1. The van der Waals surface area contributed by atoms with Gasteiger partial charge in [0.2, 0.25) is 0 Å². The van der Waals surface area contributed by atoms with Crippen LogP contribution < -0.4 is 0 Å². The van der Waals surface area contributed by atoms with E-state index >= 15 is 0 Å². The predicted molar refractivity (Wildman–Crippen MR) is 51.4 cm³/mol. The number of esters is 1. The average Bonchev–Trinajstić information content (AvgIpc) is 2.27. The van der Waals surface area contributed by atoms with Gasteiger partial charge >= 0.3 is 5.97 Å². The summed E-state index contributed by atoms with van der Waals surface area (Å²) in [7, 11) is 1.20. The minimum atomic E-state index is -1.50. The molecule has 74 valence electrons. The number of hydrogen-bond acceptors (Lipinski definition) is 2. The largest absolute Gasteiger partial charge is 0.466 e. The van der Waals surface area contributed by atoms with Crippen molar-refractivity contribution in [1.29, 1.82) is 0 Å². The van der Waals surface area contributed by atoms with Crippen LogP contribution in [-0.4, -0.2) is 13.1 Å². The molecule has 0 saturated heterocycles. The van der Waals surface area contributed by atoms with Gasteiger partial charge in [-0.05, 0) is 5.56 Å². The number of benzene rings is 1. The molecule has 1 aromatic rings. The summed E-state index contributed by atoms with van der Waals surface area (Å²) < 4.78 is 17.9. The lowest BCUT2D eigenvalue weighted by atomic mass is 10.0. The van der Waals surface area contributed by atoms with E-state index in [1.54, 1.807) is 30.3 Å². The second kappa shape index (κ2) is 4.56. The van der Waals surface area contributed by atoms with Crippen LogP contribution in [0.15, 0.2) is 42.5 Å². The van der Waals surface area contributed by atoms with Gasteiger partial charge in [-0.15, -0.1) is 0 Å². The molecule has 2 nitrogen and oxygen atoms in total. The maximum absolute atomic E-state index is 13.6. The summed E-state index contributed by atoms with van der Waals surface area (Å²) in [5.41, 5.74) is 0.224. The highest BCUT2D eigenvalue weighted by Gasteiger charge is 2.20. The molecule has 0 aromatic heterocycles. The van der Waals surface area contributed by atoms with Crippen LogP contribution in [0.5, 0.6) is 0 Å². The van der Waals surface area contributed by atoms with Gasteiger partial charge in [-0.1, -0.05) is 36.9 Å². The zero-order chi connectivity index (χ0) is 10.6. The number of methoxy groups -OCH3 is 1. The summed E-state index contributed by atoms with van der Waals surface area (Å²) in [6, 6.07) is 8.37. The molecule has 0 heterocycles. The number of carbonyl (C=O) groups is 1. The Morgan fingerprint density at radius 2 is 2.00 bits per heavy atom. The SMILES string of the molecule is C=C(C(=O)OC)[C@H](F)c1ccccc1. The normalized spacial score (nSPS) is 11.9. The zero-order valence-electron chi connectivity index (χ0n) is 7.87. The summed E-state index contributed by atoms with van der Waals surface area (Å²) in [5.74, 6) is -0.721. The topological polar surface area (TPSA) is 26.3 Å². The molecule has 1 aromatic carbocycles. The lowest BCUT2D eigenvalue weighted by molar-refractivity contribution is -0.136. The molecular formula is C11H11FO2. The van der Waals surface area contributed by atoms with Crippen molar-refractivity contribution in [3.63, 3.8) is 0 Å². The van der Waals surface area contributed by atoms with Crippen LogP contribution in [0.2, 0.25) is 0 Å². The van der Waals surface area contributed by atoms with E-state index in [0.717, 1.165) is 0 Å².